The van der Waals surface area contributed by atoms with E-state index in [1.54, 1.807) is 0 Å². The Kier molecular flexibility index (Phi) is 4.01. The van der Waals surface area contributed by atoms with Gasteiger partial charge in [0.05, 0.1) is 30.0 Å². The van der Waals surface area contributed by atoms with Gasteiger partial charge in [-0.05, 0) is 47.9 Å². The lowest BCUT2D eigenvalue weighted by atomic mass is 10.1. The quantitative estimate of drug-likeness (QED) is 0.720. The molecule has 1 saturated heterocycles. The van der Waals surface area contributed by atoms with E-state index in [0.717, 1.165) is 24.9 Å². The molecule has 8 nitrogen and oxygen atoms in total. The van der Waals surface area contributed by atoms with Crippen molar-refractivity contribution in [3.8, 4) is 5.69 Å². The minimum atomic E-state index is 0.0116. The number of carbonyl (C=O) groups is 1. The fraction of sp³-hybridized carbons (Fsp3) is 0.353. The summed E-state index contributed by atoms with van der Waals surface area (Å²) in [5, 5.41) is 15.6. The zero-order valence-corrected chi connectivity index (χ0v) is 14.0. The Morgan fingerprint density at radius 2 is 2.20 bits per heavy atom. The minimum absolute atomic E-state index is 0.0116. The van der Waals surface area contributed by atoms with Gasteiger partial charge in [0.2, 0.25) is 0 Å². The molecule has 4 rings (SSSR count). The van der Waals surface area contributed by atoms with Crippen molar-refractivity contribution in [3.05, 3.63) is 54.1 Å². The first-order valence-corrected chi connectivity index (χ1v) is 8.35. The SMILES string of the molecule is Cc1cnn(CC2CCCN2C(=O)c2ccccc2-n2cnnn2)c1. The van der Waals surface area contributed by atoms with E-state index in [9.17, 15) is 4.79 Å². The van der Waals surface area contributed by atoms with Crippen LogP contribution in [0.25, 0.3) is 5.69 Å². The molecular weight excluding hydrogens is 318 g/mol. The van der Waals surface area contributed by atoms with Gasteiger partial charge in [-0.2, -0.15) is 9.78 Å². The lowest BCUT2D eigenvalue weighted by Crippen LogP contribution is -2.38. The van der Waals surface area contributed by atoms with E-state index < -0.39 is 0 Å². The number of likely N-dealkylation sites (tertiary alicyclic amines) is 1. The summed E-state index contributed by atoms with van der Waals surface area (Å²) in [6.07, 6.45) is 7.34. The molecule has 1 atom stereocenters. The highest BCUT2D eigenvalue weighted by Crippen LogP contribution is 2.24. The van der Waals surface area contributed by atoms with Crippen molar-refractivity contribution in [2.24, 2.45) is 0 Å². The summed E-state index contributed by atoms with van der Waals surface area (Å²) in [5.74, 6) is 0.0116. The maximum Gasteiger partial charge on any atom is 0.256 e. The average molecular weight is 337 g/mol. The van der Waals surface area contributed by atoms with E-state index in [0.29, 0.717) is 17.8 Å². The molecule has 3 aromatic rings. The van der Waals surface area contributed by atoms with Gasteiger partial charge in [0.1, 0.15) is 6.33 Å². The van der Waals surface area contributed by atoms with Crippen LogP contribution in [-0.2, 0) is 6.54 Å². The molecule has 25 heavy (non-hydrogen) atoms. The van der Waals surface area contributed by atoms with Gasteiger partial charge in [0, 0.05) is 12.7 Å². The third-order valence-corrected chi connectivity index (χ3v) is 4.53. The summed E-state index contributed by atoms with van der Waals surface area (Å²) in [4.78, 5) is 15.1. The van der Waals surface area contributed by atoms with Crippen molar-refractivity contribution in [3.63, 3.8) is 0 Å². The summed E-state index contributed by atoms with van der Waals surface area (Å²) in [7, 11) is 0. The summed E-state index contributed by atoms with van der Waals surface area (Å²) in [5.41, 5.74) is 2.43. The maximum atomic E-state index is 13.2. The number of nitrogens with zero attached hydrogens (tertiary/aromatic N) is 7. The number of carbonyl (C=O) groups excluding carboxylic acids is 1. The third kappa shape index (κ3) is 3.02. The molecule has 1 aliphatic heterocycles. The van der Waals surface area contributed by atoms with Gasteiger partial charge in [-0.3, -0.25) is 9.48 Å². The number of para-hydroxylation sites is 1. The second-order valence-electron chi connectivity index (χ2n) is 6.31. The van der Waals surface area contributed by atoms with Crippen molar-refractivity contribution in [1.82, 2.24) is 34.9 Å². The van der Waals surface area contributed by atoms with Crippen LogP contribution in [0.5, 0.6) is 0 Å². The van der Waals surface area contributed by atoms with Crippen molar-refractivity contribution < 1.29 is 4.79 Å². The summed E-state index contributed by atoms with van der Waals surface area (Å²) in [6, 6.07) is 7.57. The Labute approximate surface area is 145 Å². The molecule has 128 valence electrons. The fourth-order valence-corrected chi connectivity index (χ4v) is 3.36. The number of benzene rings is 1. The molecule has 0 N–H and O–H groups in total. The molecular formula is C17H19N7O. The fourth-order valence-electron chi connectivity index (χ4n) is 3.36. The monoisotopic (exact) mass is 337 g/mol. The number of aryl methyl sites for hydroxylation is 1. The van der Waals surface area contributed by atoms with Crippen LogP contribution in [-0.4, -0.2) is 53.4 Å². The topological polar surface area (TPSA) is 81.7 Å². The number of amides is 1. The first-order chi connectivity index (χ1) is 12.2. The molecule has 1 amide bonds. The van der Waals surface area contributed by atoms with E-state index >= 15 is 0 Å². The first kappa shape index (κ1) is 15.5. The van der Waals surface area contributed by atoms with Gasteiger partial charge in [-0.1, -0.05) is 12.1 Å². The minimum Gasteiger partial charge on any atom is -0.334 e. The average Bonchev–Trinajstić information content (AvgIpc) is 3.37. The highest BCUT2D eigenvalue weighted by atomic mass is 16.2. The van der Waals surface area contributed by atoms with Crippen molar-refractivity contribution in [2.45, 2.75) is 32.4 Å². The van der Waals surface area contributed by atoms with E-state index in [4.69, 9.17) is 0 Å². The molecule has 0 saturated carbocycles. The molecule has 1 aliphatic rings. The second-order valence-corrected chi connectivity index (χ2v) is 6.31. The predicted octanol–water partition coefficient (Wildman–Crippen LogP) is 1.47. The van der Waals surface area contributed by atoms with Crippen molar-refractivity contribution >= 4 is 5.91 Å². The first-order valence-electron chi connectivity index (χ1n) is 8.35. The third-order valence-electron chi connectivity index (χ3n) is 4.53. The van der Waals surface area contributed by atoms with Crippen molar-refractivity contribution in [2.75, 3.05) is 6.54 Å². The van der Waals surface area contributed by atoms with Crippen LogP contribution in [0.2, 0.25) is 0 Å². The molecule has 3 heterocycles. The van der Waals surface area contributed by atoms with Crippen LogP contribution < -0.4 is 0 Å². The van der Waals surface area contributed by atoms with Gasteiger partial charge in [-0.25, -0.2) is 0 Å². The summed E-state index contributed by atoms with van der Waals surface area (Å²) in [6.45, 7) is 3.49. The van der Waals surface area contributed by atoms with Crippen molar-refractivity contribution in [1.29, 1.82) is 0 Å². The van der Waals surface area contributed by atoms with E-state index in [2.05, 4.69) is 20.6 Å². The van der Waals surface area contributed by atoms with Gasteiger partial charge >= 0.3 is 0 Å². The Morgan fingerprint density at radius 3 is 2.96 bits per heavy atom. The maximum absolute atomic E-state index is 13.2. The molecule has 0 spiro atoms. The second kappa shape index (κ2) is 6.46. The molecule has 8 heteroatoms. The normalized spacial score (nSPS) is 17.2. The number of tetrazole rings is 1. The van der Waals surface area contributed by atoms with E-state index in [1.165, 1.54) is 11.0 Å². The van der Waals surface area contributed by atoms with E-state index in [-0.39, 0.29) is 11.9 Å². The lowest BCUT2D eigenvalue weighted by molar-refractivity contribution is 0.0721. The highest BCUT2D eigenvalue weighted by molar-refractivity contribution is 5.98. The Hall–Kier alpha value is -3.03. The van der Waals surface area contributed by atoms with Crippen LogP contribution in [0.3, 0.4) is 0 Å². The van der Waals surface area contributed by atoms with Crippen LogP contribution in [0, 0.1) is 6.92 Å². The zero-order valence-electron chi connectivity index (χ0n) is 14.0. The van der Waals surface area contributed by atoms with Crippen LogP contribution >= 0.6 is 0 Å². The van der Waals surface area contributed by atoms with Gasteiger partial charge in [-0.15, -0.1) is 5.10 Å². The molecule has 0 bridgehead atoms. The molecule has 1 aromatic carbocycles. The number of aromatic nitrogens is 6. The Bertz CT molecular complexity index is 871. The predicted molar refractivity (Wildman–Crippen MR) is 90.2 cm³/mol. The van der Waals surface area contributed by atoms with Crippen LogP contribution in [0.1, 0.15) is 28.8 Å². The van der Waals surface area contributed by atoms with Crippen LogP contribution in [0.4, 0.5) is 0 Å². The zero-order chi connectivity index (χ0) is 17.2. The molecule has 0 radical (unpaired) electrons. The van der Waals surface area contributed by atoms with Gasteiger partial charge in [0.25, 0.3) is 5.91 Å². The smallest absolute Gasteiger partial charge is 0.256 e. The Morgan fingerprint density at radius 1 is 1.32 bits per heavy atom. The van der Waals surface area contributed by atoms with Crippen LogP contribution in [0.15, 0.2) is 43.0 Å². The largest absolute Gasteiger partial charge is 0.334 e. The van der Waals surface area contributed by atoms with E-state index in [1.807, 2.05) is 53.2 Å². The summed E-state index contributed by atoms with van der Waals surface area (Å²) < 4.78 is 3.44. The number of hydrogen-bond acceptors (Lipinski definition) is 5. The van der Waals surface area contributed by atoms with Gasteiger partial charge < -0.3 is 4.90 Å². The Balaban J connectivity index is 1.60. The lowest BCUT2D eigenvalue weighted by Gasteiger charge is -2.25. The standard InChI is InChI=1S/C17H19N7O/c1-13-9-19-22(10-13)11-14-5-4-8-23(14)17(25)15-6-2-3-7-16(15)24-12-18-20-21-24/h2-3,6-7,9-10,12,14H,4-5,8,11H2,1H3. The van der Waals surface area contributed by atoms with Gasteiger partial charge in [0.15, 0.2) is 0 Å². The molecule has 1 fully saturated rings. The highest BCUT2D eigenvalue weighted by Gasteiger charge is 2.31. The molecule has 0 aliphatic carbocycles. The summed E-state index contributed by atoms with van der Waals surface area (Å²) >= 11 is 0. The molecule has 1 unspecified atom stereocenters. The number of rotatable bonds is 4. The number of hydrogen-bond donors (Lipinski definition) is 0. The molecule has 2 aromatic heterocycles.